The topological polar surface area (TPSA) is 29.5 Å². The van der Waals surface area contributed by atoms with Crippen molar-refractivity contribution in [3.8, 4) is 5.75 Å². The maximum absolute atomic E-state index is 11.6. The zero-order chi connectivity index (χ0) is 12.0. The number of nitrogens with zero attached hydrogens (tertiary/aromatic N) is 1. The molecule has 0 aliphatic carbocycles. The van der Waals surface area contributed by atoms with E-state index in [-0.39, 0.29) is 5.91 Å². The van der Waals surface area contributed by atoms with Gasteiger partial charge < -0.3 is 9.64 Å². The van der Waals surface area contributed by atoms with Crippen molar-refractivity contribution in [1.29, 1.82) is 0 Å². The third-order valence-electron chi connectivity index (χ3n) is 2.69. The first kappa shape index (κ1) is 12.6. The van der Waals surface area contributed by atoms with E-state index < -0.39 is 0 Å². The zero-order valence-corrected chi connectivity index (χ0v) is 10.2. The average Bonchev–Trinajstić information content (AvgIpc) is 2.35. The van der Waals surface area contributed by atoms with Crippen molar-refractivity contribution in [2.75, 3.05) is 20.7 Å². The highest BCUT2D eigenvalue weighted by Crippen LogP contribution is 2.12. The fraction of sp³-hybridized carbons (Fsp3) is 0.462. The molecule has 0 unspecified atom stereocenters. The van der Waals surface area contributed by atoms with Crippen molar-refractivity contribution in [1.82, 2.24) is 4.90 Å². The summed E-state index contributed by atoms with van der Waals surface area (Å²) in [5, 5.41) is 0. The minimum Gasteiger partial charge on any atom is -0.497 e. The molecule has 0 spiro atoms. The van der Waals surface area contributed by atoms with E-state index in [1.54, 1.807) is 12.0 Å². The van der Waals surface area contributed by atoms with E-state index in [1.165, 1.54) is 5.56 Å². The van der Waals surface area contributed by atoms with Crippen LogP contribution in [0.3, 0.4) is 0 Å². The quantitative estimate of drug-likeness (QED) is 0.762. The molecule has 1 aromatic rings. The van der Waals surface area contributed by atoms with Gasteiger partial charge in [0.2, 0.25) is 5.91 Å². The van der Waals surface area contributed by atoms with Gasteiger partial charge in [0.1, 0.15) is 5.75 Å². The molecule has 0 N–H and O–H groups in total. The summed E-state index contributed by atoms with van der Waals surface area (Å²) in [6.45, 7) is 2.74. The van der Waals surface area contributed by atoms with Crippen molar-refractivity contribution in [3.63, 3.8) is 0 Å². The number of amides is 1. The lowest BCUT2D eigenvalue weighted by Crippen LogP contribution is -2.26. The Morgan fingerprint density at radius 2 is 1.94 bits per heavy atom. The van der Waals surface area contributed by atoms with Gasteiger partial charge >= 0.3 is 0 Å². The summed E-state index contributed by atoms with van der Waals surface area (Å²) in [6, 6.07) is 7.84. The number of carbonyl (C=O) groups is 1. The molecule has 1 amide bonds. The number of methoxy groups -OCH3 is 1. The van der Waals surface area contributed by atoms with E-state index in [0.29, 0.717) is 6.42 Å². The van der Waals surface area contributed by atoms with Gasteiger partial charge in [0.25, 0.3) is 0 Å². The van der Waals surface area contributed by atoms with Gasteiger partial charge in [0.05, 0.1) is 7.11 Å². The minimum atomic E-state index is 0.193. The van der Waals surface area contributed by atoms with Crippen LogP contribution in [0.15, 0.2) is 24.3 Å². The molecule has 0 saturated carbocycles. The number of hydrogen-bond acceptors (Lipinski definition) is 2. The summed E-state index contributed by atoms with van der Waals surface area (Å²) in [5.74, 6) is 1.04. The van der Waals surface area contributed by atoms with Crippen LogP contribution in [0.1, 0.15) is 18.9 Å². The van der Waals surface area contributed by atoms with Crippen LogP contribution in [0.2, 0.25) is 0 Å². The molecular formula is C13H19NO2. The summed E-state index contributed by atoms with van der Waals surface area (Å²) in [6.07, 6.45) is 1.35. The molecule has 0 heterocycles. The van der Waals surface area contributed by atoms with E-state index in [0.717, 1.165) is 18.7 Å². The first-order chi connectivity index (χ1) is 7.67. The maximum Gasteiger partial charge on any atom is 0.222 e. The highest BCUT2D eigenvalue weighted by Gasteiger charge is 2.06. The predicted molar refractivity (Wildman–Crippen MR) is 64.6 cm³/mol. The standard InChI is InChI=1S/C13H19NO2/c1-4-14(2)13(15)10-7-11-5-8-12(16-3)9-6-11/h5-6,8-9H,4,7,10H2,1-3H3. The number of ether oxygens (including phenoxy) is 1. The molecule has 0 bridgehead atoms. The number of benzene rings is 1. The summed E-state index contributed by atoms with van der Waals surface area (Å²) in [5.41, 5.74) is 1.17. The number of aryl methyl sites for hydroxylation is 1. The molecule has 1 rings (SSSR count). The zero-order valence-electron chi connectivity index (χ0n) is 10.2. The van der Waals surface area contributed by atoms with E-state index in [2.05, 4.69) is 0 Å². The van der Waals surface area contributed by atoms with Gasteiger partial charge in [-0.15, -0.1) is 0 Å². The average molecular weight is 221 g/mol. The highest BCUT2D eigenvalue weighted by atomic mass is 16.5. The Balaban J connectivity index is 2.45. The summed E-state index contributed by atoms with van der Waals surface area (Å²) in [7, 11) is 3.48. The van der Waals surface area contributed by atoms with Crippen LogP contribution in [-0.4, -0.2) is 31.5 Å². The van der Waals surface area contributed by atoms with E-state index in [4.69, 9.17) is 4.74 Å². The van der Waals surface area contributed by atoms with Gasteiger partial charge in [0, 0.05) is 20.0 Å². The molecule has 0 atom stereocenters. The fourth-order valence-electron chi connectivity index (χ4n) is 1.41. The van der Waals surface area contributed by atoms with Crippen molar-refractivity contribution >= 4 is 5.91 Å². The van der Waals surface area contributed by atoms with Crippen molar-refractivity contribution in [2.24, 2.45) is 0 Å². The van der Waals surface area contributed by atoms with Gasteiger partial charge in [0.15, 0.2) is 0 Å². The minimum absolute atomic E-state index is 0.193. The van der Waals surface area contributed by atoms with E-state index in [9.17, 15) is 4.79 Å². The second-order valence-electron chi connectivity index (χ2n) is 3.76. The van der Waals surface area contributed by atoms with Crippen LogP contribution >= 0.6 is 0 Å². The van der Waals surface area contributed by atoms with Gasteiger partial charge in [-0.1, -0.05) is 12.1 Å². The maximum atomic E-state index is 11.6. The number of rotatable bonds is 5. The molecule has 0 saturated heterocycles. The molecule has 1 aromatic carbocycles. The third-order valence-corrected chi connectivity index (χ3v) is 2.69. The molecule has 0 fully saturated rings. The Kier molecular flexibility index (Phi) is 4.83. The lowest BCUT2D eigenvalue weighted by molar-refractivity contribution is -0.129. The molecule has 3 heteroatoms. The Labute approximate surface area is 97.0 Å². The SMILES string of the molecule is CCN(C)C(=O)CCc1ccc(OC)cc1. The Morgan fingerprint density at radius 3 is 2.44 bits per heavy atom. The van der Waals surface area contributed by atoms with Crippen LogP contribution in [0.25, 0.3) is 0 Å². The smallest absolute Gasteiger partial charge is 0.222 e. The predicted octanol–water partition coefficient (Wildman–Crippen LogP) is 2.11. The largest absolute Gasteiger partial charge is 0.497 e. The number of hydrogen-bond donors (Lipinski definition) is 0. The Hall–Kier alpha value is -1.51. The second kappa shape index (κ2) is 6.16. The van der Waals surface area contributed by atoms with Gasteiger partial charge in [-0.2, -0.15) is 0 Å². The molecule has 88 valence electrons. The highest BCUT2D eigenvalue weighted by molar-refractivity contribution is 5.76. The first-order valence-electron chi connectivity index (χ1n) is 5.54. The van der Waals surface area contributed by atoms with E-state index in [1.807, 2.05) is 38.2 Å². The molecule has 0 aromatic heterocycles. The summed E-state index contributed by atoms with van der Waals surface area (Å²) in [4.78, 5) is 13.3. The van der Waals surface area contributed by atoms with Crippen LogP contribution in [0, 0.1) is 0 Å². The first-order valence-corrected chi connectivity index (χ1v) is 5.54. The van der Waals surface area contributed by atoms with Gasteiger partial charge in [-0.25, -0.2) is 0 Å². The third kappa shape index (κ3) is 3.57. The summed E-state index contributed by atoms with van der Waals surface area (Å²) >= 11 is 0. The lowest BCUT2D eigenvalue weighted by Gasteiger charge is -2.14. The van der Waals surface area contributed by atoms with Crippen molar-refractivity contribution in [3.05, 3.63) is 29.8 Å². The van der Waals surface area contributed by atoms with Crippen LogP contribution in [-0.2, 0) is 11.2 Å². The van der Waals surface area contributed by atoms with Crippen LogP contribution < -0.4 is 4.74 Å². The normalized spacial score (nSPS) is 9.94. The van der Waals surface area contributed by atoms with Crippen molar-refractivity contribution < 1.29 is 9.53 Å². The molecule has 3 nitrogen and oxygen atoms in total. The molecule has 0 aliphatic heterocycles. The van der Waals surface area contributed by atoms with Crippen LogP contribution in [0.4, 0.5) is 0 Å². The molecule has 0 aliphatic rings. The fourth-order valence-corrected chi connectivity index (χ4v) is 1.41. The van der Waals surface area contributed by atoms with Crippen LogP contribution in [0.5, 0.6) is 5.75 Å². The number of carbonyl (C=O) groups excluding carboxylic acids is 1. The Morgan fingerprint density at radius 1 is 1.31 bits per heavy atom. The lowest BCUT2D eigenvalue weighted by atomic mass is 10.1. The van der Waals surface area contributed by atoms with Gasteiger partial charge in [-0.3, -0.25) is 4.79 Å². The molecular weight excluding hydrogens is 202 g/mol. The van der Waals surface area contributed by atoms with Gasteiger partial charge in [-0.05, 0) is 31.0 Å². The molecule has 16 heavy (non-hydrogen) atoms. The monoisotopic (exact) mass is 221 g/mol. The van der Waals surface area contributed by atoms with E-state index >= 15 is 0 Å². The Bertz CT molecular complexity index is 332. The van der Waals surface area contributed by atoms with Crippen molar-refractivity contribution in [2.45, 2.75) is 19.8 Å². The summed E-state index contributed by atoms with van der Waals surface area (Å²) < 4.78 is 5.08. The molecule has 0 radical (unpaired) electrons. The second-order valence-corrected chi connectivity index (χ2v) is 3.76.